The molecule has 2 amide bonds. The fraction of sp³-hybridized carbons (Fsp3) is 0.219. The number of rotatable bonds is 15. The summed E-state index contributed by atoms with van der Waals surface area (Å²) in [4.78, 5) is 66.7. The molecule has 340 valence electrons. The van der Waals surface area contributed by atoms with E-state index < -0.39 is 94.7 Å². The zero-order chi connectivity index (χ0) is 47.4. The summed E-state index contributed by atoms with van der Waals surface area (Å²) in [5, 5.41) is 31.4. The number of aromatic nitrogens is 2. The van der Waals surface area contributed by atoms with E-state index in [1.165, 1.54) is 29.0 Å². The molecule has 1 unspecified atom stereocenters. The maximum atomic E-state index is 12.3. The largest absolute Gasteiger partial charge is 0.778 e. The van der Waals surface area contributed by atoms with Gasteiger partial charge in [-0.05, 0) is 41.2 Å². The Morgan fingerprint density at radius 3 is 1.94 bits per heavy atom. The SMILES string of the molecule is C[S+](C)C.Nc1c([N+](=O)[O-])ccc(Oc2ccccc2)c1Cl.O=C(Nc1nc(OC(F)F)cc(OC(F)F)n1)NS(=O)(=O)c1ccccc1C(=O)O.O=C(O)CNCP(=O)([O-])O. The van der Waals surface area contributed by atoms with Gasteiger partial charge in [0, 0.05) is 6.07 Å². The smallest absolute Gasteiger partial charge is 0.388 e. The maximum absolute atomic E-state index is 12.3. The van der Waals surface area contributed by atoms with E-state index in [4.69, 9.17) is 37.2 Å². The number of ether oxygens (including phenoxy) is 3. The number of alkyl halides is 4. The number of urea groups is 1. The van der Waals surface area contributed by atoms with Crippen LogP contribution < -0.4 is 40.2 Å². The molecule has 1 atom stereocenters. The summed E-state index contributed by atoms with van der Waals surface area (Å²) in [7, 11) is -8.42. The molecule has 0 bridgehead atoms. The lowest BCUT2D eigenvalue weighted by atomic mass is 10.2. The maximum Gasteiger partial charge on any atom is 0.388 e. The van der Waals surface area contributed by atoms with Gasteiger partial charge in [0.15, 0.2) is 0 Å². The van der Waals surface area contributed by atoms with Gasteiger partial charge in [-0.15, -0.1) is 0 Å². The van der Waals surface area contributed by atoms with E-state index in [2.05, 4.69) is 38.2 Å². The minimum absolute atomic E-state index is 0.0352. The Bertz CT molecular complexity index is 2270. The number of hydrogen-bond acceptors (Lipinski definition) is 16. The highest BCUT2D eigenvalue weighted by molar-refractivity contribution is 7.94. The number of hydrogen-bond donors (Lipinski definition) is 7. The minimum Gasteiger partial charge on any atom is -0.778 e. The lowest BCUT2D eigenvalue weighted by Gasteiger charge is -2.14. The van der Waals surface area contributed by atoms with Gasteiger partial charge in [0.05, 0.1) is 48.2 Å². The second kappa shape index (κ2) is 25.7. The van der Waals surface area contributed by atoms with Gasteiger partial charge in [0.2, 0.25) is 17.7 Å². The first-order valence-corrected chi connectivity index (χ1v) is 22.1. The molecule has 0 spiro atoms. The van der Waals surface area contributed by atoms with Gasteiger partial charge in [-0.3, -0.25) is 25.5 Å². The number of carboxylic acids is 2. The first kappa shape index (κ1) is 54.0. The molecule has 4 rings (SSSR count). The van der Waals surface area contributed by atoms with Gasteiger partial charge in [0.1, 0.15) is 34.7 Å². The molecular weight excluding hydrogens is 929 g/mol. The van der Waals surface area contributed by atoms with Crippen molar-refractivity contribution in [2.75, 3.05) is 42.6 Å². The normalized spacial score (nSPS) is 11.6. The van der Waals surface area contributed by atoms with Gasteiger partial charge in [-0.25, -0.2) is 22.7 Å². The molecule has 0 saturated heterocycles. The van der Waals surface area contributed by atoms with E-state index in [1.807, 2.05) is 11.4 Å². The van der Waals surface area contributed by atoms with Crippen molar-refractivity contribution in [1.29, 1.82) is 0 Å². The molecule has 0 radical (unpaired) electrons. The fourth-order valence-electron chi connectivity index (χ4n) is 3.67. The topological polar surface area (TPSA) is 345 Å². The number of carbonyl (C=O) groups excluding carboxylic acids is 1. The van der Waals surface area contributed by atoms with Crippen molar-refractivity contribution < 1.29 is 84.1 Å². The number of nitro groups is 1. The van der Waals surface area contributed by atoms with Crippen molar-refractivity contribution >= 4 is 75.4 Å². The number of nitro benzene ring substituents is 1. The number of aromatic carboxylic acids is 1. The van der Waals surface area contributed by atoms with E-state index in [0.29, 0.717) is 22.7 Å². The van der Waals surface area contributed by atoms with Crippen LogP contribution >= 0.6 is 19.2 Å². The predicted molar refractivity (Wildman–Crippen MR) is 213 cm³/mol. The number of anilines is 2. The Hall–Kier alpha value is -6.03. The average molecular weight is 964 g/mol. The molecule has 1 heterocycles. The summed E-state index contributed by atoms with van der Waals surface area (Å²) >= 11 is 5.94. The van der Waals surface area contributed by atoms with E-state index >= 15 is 0 Å². The van der Waals surface area contributed by atoms with E-state index in [0.717, 1.165) is 12.1 Å². The summed E-state index contributed by atoms with van der Waals surface area (Å²) in [5.41, 5.74) is 4.60. The van der Waals surface area contributed by atoms with Crippen molar-refractivity contribution in [1.82, 2.24) is 20.0 Å². The van der Waals surface area contributed by atoms with Crippen LogP contribution in [0.1, 0.15) is 10.4 Å². The molecule has 22 nitrogen and oxygen atoms in total. The Labute approximate surface area is 356 Å². The van der Waals surface area contributed by atoms with Gasteiger partial charge in [-0.2, -0.15) is 27.5 Å². The summed E-state index contributed by atoms with van der Waals surface area (Å²) in [5.74, 6) is -4.77. The van der Waals surface area contributed by atoms with Crippen LogP contribution in [0.15, 0.2) is 77.7 Å². The van der Waals surface area contributed by atoms with Crippen molar-refractivity contribution in [2.24, 2.45) is 0 Å². The highest BCUT2D eigenvalue weighted by atomic mass is 35.5. The number of benzene rings is 3. The molecule has 1 aromatic heterocycles. The second-order valence-corrected chi connectivity index (χ2v) is 17.4. The molecule has 3 aromatic carbocycles. The Morgan fingerprint density at radius 1 is 0.952 bits per heavy atom. The van der Waals surface area contributed by atoms with Crippen LogP contribution in [0.5, 0.6) is 23.3 Å². The highest BCUT2D eigenvalue weighted by Crippen LogP contribution is 2.38. The molecule has 4 aromatic rings. The monoisotopic (exact) mass is 963 g/mol. The number of para-hydroxylation sites is 1. The molecule has 0 aliphatic rings. The zero-order valence-electron chi connectivity index (χ0n) is 31.8. The molecule has 0 fully saturated rings. The number of nitrogens with zero attached hydrogens (tertiary/aromatic N) is 3. The molecule has 0 saturated carbocycles. The van der Waals surface area contributed by atoms with Crippen LogP contribution in [0.4, 0.5) is 39.7 Å². The van der Waals surface area contributed by atoms with Crippen LogP contribution in [0.3, 0.4) is 0 Å². The van der Waals surface area contributed by atoms with Crippen LogP contribution in [0.25, 0.3) is 0 Å². The number of carboxylic acid groups (broad SMARTS) is 2. The molecule has 0 aliphatic heterocycles. The lowest BCUT2D eigenvalue weighted by molar-refractivity contribution is -0.383. The highest BCUT2D eigenvalue weighted by Gasteiger charge is 2.25. The van der Waals surface area contributed by atoms with Crippen LogP contribution in [-0.2, 0) is 30.3 Å². The number of aliphatic carboxylic acids is 1. The molecular formula is C32H35ClF4N7O15PS2. The number of amides is 2. The Balaban J connectivity index is 0.000000504. The quantitative estimate of drug-likeness (QED) is 0.0219. The van der Waals surface area contributed by atoms with Crippen LogP contribution in [0.2, 0.25) is 5.02 Å². The molecule has 30 heteroatoms. The molecule has 0 aliphatic carbocycles. The van der Waals surface area contributed by atoms with E-state index in [9.17, 15) is 59.9 Å². The van der Waals surface area contributed by atoms with Gasteiger partial charge in [0.25, 0.3) is 15.7 Å². The fourth-order valence-corrected chi connectivity index (χ4v) is 5.37. The van der Waals surface area contributed by atoms with E-state index in [-0.39, 0.29) is 22.1 Å². The van der Waals surface area contributed by atoms with Crippen LogP contribution in [0, 0.1) is 10.1 Å². The number of nitrogen functional groups attached to an aromatic ring is 1. The Kier molecular flexibility index (Phi) is 22.4. The number of nitrogens with one attached hydrogen (secondary N) is 3. The number of carbonyl (C=O) groups is 3. The predicted octanol–water partition coefficient (Wildman–Crippen LogP) is 4.17. The van der Waals surface area contributed by atoms with Crippen molar-refractivity contribution in [3.63, 3.8) is 0 Å². The third-order valence-corrected chi connectivity index (χ3v) is 8.24. The summed E-state index contributed by atoms with van der Waals surface area (Å²) < 4.78 is 98.5. The average Bonchev–Trinajstić information content (AvgIpc) is 3.12. The van der Waals surface area contributed by atoms with Crippen molar-refractivity contribution in [2.45, 2.75) is 18.1 Å². The molecule has 8 N–H and O–H groups in total. The first-order valence-electron chi connectivity index (χ1n) is 16.1. The van der Waals surface area contributed by atoms with E-state index in [1.54, 1.807) is 29.6 Å². The van der Waals surface area contributed by atoms with Crippen molar-refractivity contribution in [3.8, 4) is 23.3 Å². The van der Waals surface area contributed by atoms with Crippen molar-refractivity contribution in [3.05, 3.63) is 93.5 Å². The first-order chi connectivity index (χ1) is 28.7. The number of halogens is 5. The van der Waals surface area contributed by atoms with Crippen LogP contribution in [-0.4, -0.2) is 101 Å². The number of nitrogens with two attached hydrogens (primary N) is 1. The third kappa shape index (κ3) is 21.5. The van der Waals surface area contributed by atoms with Gasteiger partial charge >= 0.3 is 31.2 Å². The standard InChI is InChI=1S/C14H10F4N4O7S.C12H9ClN2O3.C3H8NO5P.C3H9S/c15-11(16)28-8-5-9(29-12(17)18)20-13(19-8)21-14(25)22-30(26,27)7-4-2-1-3-6(7)10(23)24;13-11-10(18-8-4-2-1-3-5-8)7-6-9(12(11)14)15(16)17;5-3(6)1-4-2-10(7,8)9;1-4(2)3/h1-5,11-12H,(H,23,24)(H2,19,20,21,22,25);1-7H,14H2;4H,1-2H2,(H,5,6)(H2,7,8,9);1-3H3/q;;;+1/p-1. The summed E-state index contributed by atoms with van der Waals surface area (Å²) in [6.07, 6.45) is 5.87. The van der Waals surface area contributed by atoms with Gasteiger partial charge in [-0.1, -0.05) is 41.9 Å². The third-order valence-electron chi connectivity index (χ3n) is 5.84. The molecule has 62 heavy (non-hydrogen) atoms. The summed E-state index contributed by atoms with van der Waals surface area (Å²) in [6.45, 7) is -7.30. The Morgan fingerprint density at radius 2 is 1.47 bits per heavy atom. The summed E-state index contributed by atoms with van der Waals surface area (Å²) in [6, 6.07) is 14.8. The minimum atomic E-state index is -4.71. The van der Waals surface area contributed by atoms with Gasteiger partial charge < -0.3 is 44.5 Å². The second-order valence-electron chi connectivity index (χ2n) is 11.3. The lowest BCUT2D eigenvalue weighted by Crippen LogP contribution is -2.35. The zero-order valence-corrected chi connectivity index (χ0v) is 35.1. The number of sulfonamides is 1.